The summed E-state index contributed by atoms with van der Waals surface area (Å²) in [4.78, 5) is 11.5. The topological polar surface area (TPSA) is 79.2 Å². The van der Waals surface area contributed by atoms with Crippen LogP contribution >= 0.6 is 12.2 Å². The molecule has 0 aromatic heterocycles. The highest BCUT2D eigenvalue weighted by atomic mass is 32.1. The minimum atomic E-state index is -0.405. The molecule has 0 saturated carbocycles. The van der Waals surface area contributed by atoms with Gasteiger partial charge >= 0.3 is 0 Å². The van der Waals surface area contributed by atoms with Crippen molar-refractivity contribution in [2.45, 2.75) is 39.3 Å². The number of thiocarbonyl (C=S) groups is 1. The number of nitrogens with one attached hydrogen (secondary N) is 3. The number of carbonyl (C=O) groups excluding carboxylic acids is 1. The maximum Gasteiger partial charge on any atom is 0.242 e. The van der Waals surface area contributed by atoms with Crippen LogP contribution in [-0.2, 0) is 4.79 Å². The van der Waals surface area contributed by atoms with Gasteiger partial charge in [-0.25, -0.2) is 5.84 Å². The summed E-state index contributed by atoms with van der Waals surface area (Å²) < 4.78 is 0. The monoisotopic (exact) mass is 218 g/mol. The van der Waals surface area contributed by atoms with E-state index in [4.69, 9.17) is 18.1 Å². The first-order valence-electron chi connectivity index (χ1n) is 4.35. The second-order valence-electron chi connectivity index (χ2n) is 4.08. The molecule has 5 nitrogen and oxygen atoms in total. The Morgan fingerprint density at radius 1 is 1.43 bits per heavy atom. The number of rotatable bonds is 2. The third-order valence-electron chi connectivity index (χ3n) is 1.37. The Bertz CT molecular complexity index is 224. The summed E-state index contributed by atoms with van der Waals surface area (Å²) in [5.41, 5.74) is 2.01. The summed E-state index contributed by atoms with van der Waals surface area (Å²) in [7, 11) is 0. The molecule has 0 aliphatic rings. The Hall–Kier alpha value is -0.880. The van der Waals surface area contributed by atoms with Crippen molar-refractivity contribution in [1.82, 2.24) is 16.1 Å². The van der Waals surface area contributed by atoms with Gasteiger partial charge in [0.1, 0.15) is 6.04 Å². The lowest BCUT2D eigenvalue weighted by Crippen LogP contribution is -2.53. The van der Waals surface area contributed by atoms with Crippen LogP contribution in [-0.4, -0.2) is 22.6 Å². The van der Waals surface area contributed by atoms with E-state index >= 15 is 0 Å². The molecule has 0 radical (unpaired) electrons. The normalized spacial score (nSPS) is 12.9. The van der Waals surface area contributed by atoms with Gasteiger partial charge in [0.15, 0.2) is 5.11 Å². The Balaban J connectivity index is 4.07. The highest BCUT2D eigenvalue weighted by molar-refractivity contribution is 7.80. The summed E-state index contributed by atoms with van der Waals surface area (Å²) in [6, 6.07) is -0.405. The van der Waals surface area contributed by atoms with Gasteiger partial charge in [-0.15, -0.1) is 0 Å². The van der Waals surface area contributed by atoms with E-state index in [0.29, 0.717) is 0 Å². The average Bonchev–Trinajstić information content (AvgIpc) is 2.00. The molecule has 0 rings (SSSR count). The molecule has 1 atom stereocenters. The fourth-order valence-corrected chi connectivity index (χ4v) is 0.958. The highest BCUT2D eigenvalue weighted by Crippen LogP contribution is 1.99. The third-order valence-corrected chi connectivity index (χ3v) is 1.61. The maximum atomic E-state index is 11.5. The summed E-state index contributed by atoms with van der Waals surface area (Å²) in [6.07, 6.45) is 0. The summed E-state index contributed by atoms with van der Waals surface area (Å²) in [5.74, 6) is 4.95. The van der Waals surface area contributed by atoms with Crippen molar-refractivity contribution in [3.63, 3.8) is 0 Å². The Morgan fingerprint density at radius 3 is 2.29 bits per heavy atom. The van der Waals surface area contributed by atoms with Crippen LogP contribution in [0.2, 0.25) is 0 Å². The Labute approximate surface area is 89.8 Å². The van der Waals surface area contributed by atoms with Crippen molar-refractivity contribution >= 4 is 23.2 Å². The van der Waals surface area contributed by atoms with Crippen molar-refractivity contribution in [2.75, 3.05) is 0 Å². The molecule has 1 unspecified atom stereocenters. The maximum absolute atomic E-state index is 11.5. The molecule has 0 heterocycles. The van der Waals surface area contributed by atoms with Crippen LogP contribution in [0.15, 0.2) is 0 Å². The second-order valence-corrected chi connectivity index (χ2v) is 4.49. The first-order chi connectivity index (χ1) is 6.26. The summed E-state index contributed by atoms with van der Waals surface area (Å²) >= 11 is 4.76. The standard InChI is InChI=1S/C8H18N4OS/c1-5(10-7(14)12-9)6(13)11-8(2,3)4/h5H,9H2,1-4H3,(H,11,13)(H2,10,12,14). The van der Waals surface area contributed by atoms with E-state index in [9.17, 15) is 4.79 Å². The molecule has 14 heavy (non-hydrogen) atoms. The van der Waals surface area contributed by atoms with Crippen LogP contribution in [0.4, 0.5) is 0 Å². The number of amides is 1. The van der Waals surface area contributed by atoms with E-state index < -0.39 is 6.04 Å². The zero-order valence-electron chi connectivity index (χ0n) is 8.97. The first-order valence-corrected chi connectivity index (χ1v) is 4.76. The van der Waals surface area contributed by atoms with Crippen LogP contribution in [0, 0.1) is 0 Å². The molecule has 1 amide bonds. The largest absolute Gasteiger partial charge is 0.350 e. The van der Waals surface area contributed by atoms with Crippen molar-refractivity contribution in [3.8, 4) is 0 Å². The van der Waals surface area contributed by atoms with Crippen LogP contribution in [0.1, 0.15) is 27.7 Å². The van der Waals surface area contributed by atoms with Gasteiger partial charge in [-0.1, -0.05) is 0 Å². The summed E-state index contributed by atoms with van der Waals surface area (Å²) in [6.45, 7) is 7.45. The van der Waals surface area contributed by atoms with Gasteiger partial charge in [0.2, 0.25) is 5.91 Å². The van der Waals surface area contributed by atoms with E-state index in [1.165, 1.54) is 0 Å². The molecule has 0 aliphatic heterocycles. The minimum Gasteiger partial charge on any atom is -0.350 e. The number of hydrazine groups is 1. The van der Waals surface area contributed by atoms with E-state index in [1.807, 2.05) is 20.8 Å². The molecule has 0 aromatic rings. The van der Waals surface area contributed by atoms with Gasteiger partial charge < -0.3 is 16.1 Å². The molecule has 0 bridgehead atoms. The second kappa shape index (κ2) is 5.11. The molecule has 82 valence electrons. The number of nitrogens with two attached hydrogens (primary N) is 1. The van der Waals surface area contributed by atoms with Crippen molar-refractivity contribution < 1.29 is 4.79 Å². The average molecular weight is 218 g/mol. The molecule has 5 N–H and O–H groups in total. The Kier molecular flexibility index (Phi) is 4.79. The predicted molar refractivity (Wildman–Crippen MR) is 60.4 cm³/mol. The third kappa shape index (κ3) is 5.71. The van der Waals surface area contributed by atoms with Gasteiger partial charge in [0, 0.05) is 5.54 Å². The number of hydrogen-bond acceptors (Lipinski definition) is 3. The number of carbonyl (C=O) groups is 1. The predicted octanol–water partition coefficient (Wildman–Crippen LogP) is -0.373. The highest BCUT2D eigenvalue weighted by Gasteiger charge is 2.19. The lowest BCUT2D eigenvalue weighted by atomic mass is 10.1. The molecule has 6 heteroatoms. The van der Waals surface area contributed by atoms with Gasteiger partial charge in [0.05, 0.1) is 0 Å². The number of hydrogen-bond donors (Lipinski definition) is 4. The fourth-order valence-electron chi connectivity index (χ4n) is 0.782. The van der Waals surface area contributed by atoms with Gasteiger partial charge in [-0.2, -0.15) is 0 Å². The zero-order valence-corrected chi connectivity index (χ0v) is 9.79. The van der Waals surface area contributed by atoms with E-state index in [1.54, 1.807) is 6.92 Å². The van der Waals surface area contributed by atoms with Crippen LogP contribution in [0.5, 0.6) is 0 Å². The minimum absolute atomic E-state index is 0.116. The molecule has 0 aromatic carbocycles. The molecule has 0 spiro atoms. The molecular formula is C8H18N4OS. The Morgan fingerprint density at radius 2 is 1.93 bits per heavy atom. The van der Waals surface area contributed by atoms with Crippen LogP contribution in [0.3, 0.4) is 0 Å². The van der Waals surface area contributed by atoms with Gasteiger partial charge in [0.25, 0.3) is 0 Å². The lowest BCUT2D eigenvalue weighted by molar-refractivity contribution is -0.123. The zero-order chi connectivity index (χ0) is 11.4. The van der Waals surface area contributed by atoms with E-state index in [0.717, 1.165) is 0 Å². The van der Waals surface area contributed by atoms with E-state index in [-0.39, 0.29) is 16.6 Å². The SMILES string of the molecule is CC(NC(=S)NN)C(=O)NC(C)(C)C. The van der Waals surface area contributed by atoms with Crippen LogP contribution < -0.4 is 21.9 Å². The van der Waals surface area contributed by atoms with Gasteiger partial charge in [-0.05, 0) is 39.9 Å². The molecule has 0 aliphatic carbocycles. The van der Waals surface area contributed by atoms with Crippen molar-refractivity contribution in [1.29, 1.82) is 0 Å². The van der Waals surface area contributed by atoms with E-state index in [2.05, 4.69) is 16.1 Å². The molecular weight excluding hydrogens is 200 g/mol. The van der Waals surface area contributed by atoms with Gasteiger partial charge in [-0.3, -0.25) is 4.79 Å². The smallest absolute Gasteiger partial charge is 0.242 e. The molecule has 0 fully saturated rings. The van der Waals surface area contributed by atoms with Crippen molar-refractivity contribution in [2.24, 2.45) is 5.84 Å². The first kappa shape index (κ1) is 13.1. The quantitative estimate of drug-likeness (QED) is 0.289. The fraction of sp³-hybridized carbons (Fsp3) is 0.750. The summed E-state index contributed by atoms with van der Waals surface area (Å²) in [5, 5.41) is 5.81. The van der Waals surface area contributed by atoms with Crippen LogP contribution in [0.25, 0.3) is 0 Å². The van der Waals surface area contributed by atoms with Crippen molar-refractivity contribution in [3.05, 3.63) is 0 Å². The lowest BCUT2D eigenvalue weighted by Gasteiger charge is -2.24. The molecule has 0 saturated heterocycles.